The average molecular weight is 185 g/mol. The van der Waals surface area contributed by atoms with Crippen LogP contribution in [0.3, 0.4) is 0 Å². The summed E-state index contributed by atoms with van der Waals surface area (Å²) >= 11 is 0. The zero-order chi connectivity index (χ0) is 10.6. The third-order valence-corrected chi connectivity index (χ3v) is 2.13. The molecule has 0 bridgehead atoms. The van der Waals surface area contributed by atoms with E-state index in [0.717, 1.165) is 11.1 Å². The lowest BCUT2D eigenvalue weighted by Gasteiger charge is -2.12. The van der Waals surface area contributed by atoms with Gasteiger partial charge < -0.3 is 5.73 Å². The number of nitrogens with zero attached hydrogens (tertiary/aromatic N) is 2. The van der Waals surface area contributed by atoms with Crippen LogP contribution < -0.4 is 5.73 Å². The van der Waals surface area contributed by atoms with Crippen LogP contribution in [0.1, 0.15) is 29.2 Å². The Morgan fingerprint density at radius 2 is 2.14 bits per heavy atom. The van der Waals surface area contributed by atoms with Gasteiger partial charge in [-0.1, -0.05) is 12.1 Å². The van der Waals surface area contributed by atoms with E-state index in [9.17, 15) is 0 Å². The molecule has 3 heteroatoms. The molecule has 1 atom stereocenters. The summed E-state index contributed by atoms with van der Waals surface area (Å²) in [6.07, 6.45) is 0.236. The van der Waals surface area contributed by atoms with Gasteiger partial charge in [-0.25, -0.2) is 0 Å². The maximum atomic E-state index is 8.87. The van der Waals surface area contributed by atoms with Crippen molar-refractivity contribution in [2.45, 2.75) is 19.4 Å². The summed E-state index contributed by atoms with van der Waals surface area (Å²) < 4.78 is 0. The Kier molecular flexibility index (Phi) is 3.23. The number of hydrogen-bond donors (Lipinski definition) is 1. The number of nitriles is 2. The van der Waals surface area contributed by atoms with E-state index in [-0.39, 0.29) is 12.5 Å². The van der Waals surface area contributed by atoms with Crippen molar-refractivity contribution in [1.29, 1.82) is 10.5 Å². The van der Waals surface area contributed by atoms with Crippen molar-refractivity contribution in [3.8, 4) is 12.1 Å². The number of rotatable bonds is 2. The molecule has 2 N–H and O–H groups in total. The number of hydrogen-bond acceptors (Lipinski definition) is 3. The highest BCUT2D eigenvalue weighted by molar-refractivity contribution is 5.44. The van der Waals surface area contributed by atoms with Crippen LogP contribution in [0.5, 0.6) is 0 Å². The van der Waals surface area contributed by atoms with Gasteiger partial charge in [0.15, 0.2) is 0 Å². The van der Waals surface area contributed by atoms with Crippen LogP contribution in [0.25, 0.3) is 0 Å². The van der Waals surface area contributed by atoms with Crippen LogP contribution in [0, 0.1) is 29.6 Å². The summed E-state index contributed by atoms with van der Waals surface area (Å²) in [5.41, 5.74) is 8.12. The molecular formula is C11H11N3. The Morgan fingerprint density at radius 3 is 2.71 bits per heavy atom. The molecule has 0 aliphatic heterocycles. The average Bonchev–Trinajstić information content (AvgIpc) is 2.17. The van der Waals surface area contributed by atoms with Gasteiger partial charge in [0.1, 0.15) is 0 Å². The Morgan fingerprint density at radius 1 is 1.43 bits per heavy atom. The lowest BCUT2D eigenvalue weighted by Crippen LogP contribution is -2.12. The van der Waals surface area contributed by atoms with E-state index < -0.39 is 0 Å². The minimum atomic E-state index is -0.365. The molecule has 0 aromatic heterocycles. The molecule has 0 radical (unpaired) electrons. The predicted octanol–water partition coefficient (Wildman–Crippen LogP) is 1.78. The second-order valence-corrected chi connectivity index (χ2v) is 3.12. The third-order valence-electron chi connectivity index (χ3n) is 2.13. The first kappa shape index (κ1) is 10.2. The summed E-state index contributed by atoms with van der Waals surface area (Å²) in [6, 6.07) is 9.17. The fourth-order valence-corrected chi connectivity index (χ4v) is 1.47. The highest BCUT2D eigenvalue weighted by atomic mass is 14.6. The minimum Gasteiger partial charge on any atom is -0.323 e. The predicted molar refractivity (Wildman–Crippen MR) is 53.1 cm³/mol. The second kappa shape index (κ2) is 4.41. The van der Waals surface area contributed by atoms with Crippen molar-refractivity contribution in [2.24, 2.45) is 5.73 Å². The molecule has 0 saturated heterocycles. The largest absolute Gasteiger partial charge is 0.323 e. The van der Waals surface area contributed by atoms with Crippen LogP contribution in [0.2, 0.25) is 0 Å². The van der Waals surface area contributed by atoms with E-state index in [1.54, 1.807) is 6.07 Å². The highest BCUT2D eigenvalue weighted by Crippen LogP contribution is 2.21. The van der Waals surface area contributed by atoms with E-state index in [0.29, 0.717) is 5.56 Å². The van der Waals surface area contributed by atoms with Gasteiger partial charge in [-0.2, -0.15) is 10.5 Å². The van der Waals surface area contributed by atoms with Crippen LogP contribution in [0.15, 0.2) is 18.2 Å². The molecular weight excluding hydrogens is 174 g/mol. The smallest absolute Gasteiger partial charge is 0.0995 e. The standard InChI is InChI=1S/C11H11N3/c1-8-3-2-4-9(7-13)11(8)10(14)5-6-12/h2-4,10H,5,14H2,1H3. The summed E-state index contributed by atoms with van der Waals surface area (Å²) in [4.78, 5) is 0. The van der Waals surface area contributed by atoms with Gasteiger partial charge in [-0.15, -0.1) is 0 Å². The van der Waals surface area contributed by atoms with Crippen molar-refractivity contribution in [3.63, 3.8) is 0 Å². The van der Waals surface area contributed by atoms with Crippen LogP contribution in [-0.4, -0.2) is 0 Å². The second-order valence-electron chi connectivity index (χ2n) is 3.12. The Labute approximate surface area is 83.4 Å². The lowest BCUT2D eigenvalue weighted by molar-refractivity contribution is 0.740. The normalized spacial score (nSPS) is 11.4. The zero-order valence-corrected chi connectivity index (χ0v) is 7.99. The molecule has 70 valence electrons. The van der Waals surface area contributed by atoms with Crippen LogP contribution in [0.4, 0.5) is 0 Å². The molecule has 1 aromatic rings. The lowest BCUT2D eigenvalue weighted by atomic mass is 9.95. The molecule has 0 saturated carbocycles. The SMILES string of the molecule is Cc1cccc(C#N)c1C(N)CC#N. The summed E-state index contributed by atoms with van der Waals surface area (Å²) in [7, 11) is 0. The van der Waals surface area contributed by atoms with Crippen molar-refractivity contribution in [1.82, 2.24) is 0 Å². The molecule has 1 aromatic carbocycles. The fraction of sp³-hybridized carbons (Fsp3) is 0.273. The number of benzene rings is 1. The van der Waals surface area contributed by atoms with E-state index in [4.69, 9.17) is 16.3 Å². The number of nitrogens with two attached hydrogens (primary N) is 1. The molecule has 0 aliphatic rings. The van der Waals surface area contributed by atoms with E-state index >= 15 is 0 Å². The molecule has 3 nitrogen and oxygen atoms in total. The van der Waals surface area contributed by atoms with Gasteiger partial charge in [0.05, 0.1) is 24.1 Å². The van der Waals surface area contributed by atoms with Crippen molar-refractivity contribution in [3.05, 3.63) is 34.9 Å². The first-order chi connectivity index (χ1) is 6.70. The topological polar surface area (TPSA) is 73.6 Å². The Balaban J connectivity index is 3.19. The summed E-state index contributed by atoms with van der Waals surface area (Å²) in [5, 5.41) is 17.4. The van der Waals surface area contributed by atoms with Gasteiger partial charge in [-0.05, 0) is 24.1 Å². The van der Waals surface area contributed by atoms with Crippen molar-refractivity contribution >= 4 is 0 Å². The molecule has 14 heavy (non-hydrogen) atoms. The summed E-state index contributed by atoms with van der Waals surface area (Å²) in [5.74, 6) is 0. The van der Waals surface area contributed by atoms with Gasteiger partial charge in [0.2, 0.25) is 0 Å². The third kappa shape index (κ3) is 1.90. The molecule has 0 fully saturated rings. The Bertz CT molecular complexity index is 410. The van der Waals surface area contributed by atoms with E-state index in [1.807, 2.05) is 25.1 Å². The van der Waals surface area contributed by atoms with Crippen LogP contribution >= 0.6 is 0 Å². The highest BCUT2D eigenvalue weighted by Gasteiger charge is 2.12. The Hall–Kier alpha value is -1.84. The maximum Gasteiger partial charge on any atom is 0.0995 e. The minimum absolute atomic E-state index is 0.236. The van der Waals surface area contributed by atoms with E-state index in [1.165, 1.54) is 0 Å². The molecule has 0 heterocycles. The van der Waals surface area contributed by atoms with Gasteiger partial charge >= 0.3 is 0 Å². The van der Waals surface area contributed by atoms with Crippen LogP contribution in [-0.2, 0) is 0 Å². The molecule has 1 rings (SSSR count). The molecule has 0 spiro atoms. The van der Waals surface area contributed by atoms with Gasteiger partial charge in [0.25, 0.3) is 0 Å². The molecule has 0 aliphatic carbocycles. The van der Waals surface area contributed by atoms with Crippen molar-refractivity contribution in [2.75, 3.05) is 0 Å². The molecule has 1 unspecified atom stereocenters. The first-order valence-corrected chi connectivity index (χ1v) is 4.33. The maximum absolute atomic E-state index is 8.87. The monoisotopic (exact) mass is 185 g/mol. The van der Waals surface area contributed by atoms with Crippen molar-refractivity contribution < 1.29 is 0 Å². The van der Waals surface area contributed by atoms with Gasteiger partial charge in [-0.3, -0.25) is 0 Å². The van der Waals surface area contributed by atoms with Gasteiger partial charge in [0, 0.05) is 6.04 Å². The fourth-order valence-electron chi connectivity index (χ4n) is 1.47. The number of aryl methyl sites for hydroxylation is 1. The van der Waals surface area contributed by atoms with E-state index in [2.05, 4.69) is 6.07 Å². The molecule has 0 amide bonds. The zero-order valence-electron chi connectivity index (χ0n) is 7.99. The summed E-state index contributed by atoms with van der Waals surface area (Å²) in [6.45, 7) is 1.90. The first-order valence-electron chi connectivity index (χ1n) is 4.33. The quantitative estimate of drug-likeness (QED) is 0.763.